The minimum absolute atomic E-state index is 0.332. The third kappa shape index (κ3) is 1.90. The zero-order chi connectivity index (χ0) is 12.7. The van der Waals surface area contributed by atoms with Crippen LogP contribution in [0.1, 0.15) is 53.9 Å². The molecular formula is C17H22O. The first-order valence-corrected chi connectivity index (χ1v) is 7.24. The number of fused-ring (bicyclic) bond motifs is 3. The Morgan fingerprint density at radius 2 is 2.00 bits per heavy atom. The molecule has 0 heterocycles. The molecule has 0 aromatic heterocycles. The van der Waals surface area contributed by atoms with Gasteiger partial charge in [-0.1, -0.05) is 17.7 Å². The normalized spacial score (nSPS) is 30.4. The summed E-state index contributed by atoms with van der Waals surface area (Å²) in [5.41, 5.74) is 6.07. The van der Waals surface area contributed by atoms with E-state index in [1.54, 1.807) is 11.1 Å². The molecule has 96 valence electrons. The van der Waals surface area contributed by atoms with Crippen molar-refractivity contribution in [3.63, 3.8) is 0 Å². The highest BCUT2D eigenvalue weighted by Crippen LogP contribution is 2.47. The van der Waals surface area contributed by atoms with Crippen molar-refractivity contribution in [2.45, 2.75) is 51.9 Å². The average Bonchev–Trinajstić information content (AvgIpc) is 2.37. The topological polar surface area (TPSA) is 17.1 Å². The minimum Gasteiger partial charge on any atom is -0.303 e. The van der Waals surface area contributed by atoms with Gasteiger partial charge in [0.2, 0.25) is 0 Å². The zero-order valence-corrected chi connectivity index (χ0v) is 11.4. The Morgan fingerprint density at radius 3 is 2.78 bits per heavy atom. The molecular weight excluding hydrogens is 220 g/mol. The predicted octanol–water partition coefficient (Wildman–Crippen LogP) is 3.95. The summed E-state index contributed by atoms with van der Waals surface area (Å²) in [5.74, 6) is 1.81. The summed E-state index contributed by atoms with van der Waals surface area (Å²) in [6, 6.07) is 4.72. The standard InChI is InChI=1S/C17H22O/c1-11-7-12(2)15-6-4-14-9-13(10-18)3-5-16(14)17(15)8-11/h7-8,10,13-14,16H,3-6,9H2,1-2H3. The lowest BCUT2D eigenvalue weighted by molar-refractivity contribution is -0.112. The van der Waals surface area contributed by atoms with Crippen LogP contribution in [0, 0.1) is 25.7 Å². The number of carbonyl (C=O) groups is 1. The molecule has 0 amide bonds. The van der Waals surface area contributed by atoms with E-state index in [9.17, 15) is 4.79 Å². The van der Waals surface area contributed by atoms with Gasteiger partial charge in [0.25, 0.3) is 0 Å². The van der Waals surface area contributed by atoms with Crippen molar-refractivity contribution in [3.05, 3.63) is 34.4 Å². The molecule has 1 aromatic rings. The minimum atomic E-state index is 0.332. The number of benzene rings is 1. The van der Waals surface area contributed by atoms with E-state index < -0.39 is 0 Å². The molecule has 18 heavy (non-hydrogen) atoms. The summed E-state index contributed by atoms with van der Waals surface area (Å²) in [7, 11) is 0. The van der Waals surface area contributed by atoms with Crippen molar-refractivity contribution >= 4 is 6.29 Å². The van der Waals surface area contributed by atoms with Crippen LogP contribution in [0.4, 0.5) is 0 Å². The molecule has 0 radical (unpaired) electrons. The molecule has 0 bridgehead atoms. The van der Waals surface area contributed by atoms with E-state index in [-0.39, 0.29) is 0 Å². The van der Waals surface area contributed by atoms with E-state index in [0.29, 0.717) is 5.92 Å². The van der Waals surface area contributed by atoms with Crippen LogP contribution in [0.2, 0.25) is 0 Å². The van der Waals surface area contributed by atoms with Crippen LogP contribution in [-0.4, -0.2) is 6.29 Å². The van der Waals surface area contributed by atoms with E-state index >= 15 is 0 Å². The maximum absolute atomic E-state index is 11.0. The summed E-state index contributed by atoms with van der Waals surface area (Å²) in [5, 5.41) is 0. The van der Waals surface area contributed by atoms with Crippen molar-refractivity contribution in [1.29, 1.82) is 0 Å². The molecule has 2 aliphatic carbocycles. The Balaban J connectivity index is 1.96. The molecule has 0 N–H and O–H groups in total. The molecule has 3 unspecified atom stereocenters. The van der Waals surface area contributed by atoms with Gasteiger partial charge in [-0.2, -0.15) is 0 Å². The molecule has 1 heteroatoms. The zero-order valence-electron chi connectivity index (χ0n) is 11.4. The quantitative estimate of drug-likeness (QED) is 0.681. The second kappa shape index (κ2) is 4.53. The van der Waals surface area contributed by atoms with Gasteiger partial charge < -0.3 is 4.79 Å². The highest BCUT2D eigenvalue weighted by atomic mass is 16.1. The summed E-state index contributed by atoms with van der Waals surface area (Å²) < 4.78 is 0. The summed E-state index contributed by atoms with van der Waals surface area (Å²) >= 11 is 0. The average molecular weight is 242 g/mol. The summed E-state index contributed by atoms with van der Waals surface area (Å²) in [4.78, 5) is 11.0. The molecule has 1 aromatic carbocycles. The third-order valence-electron chi connectivity index (χ3n) is 5.03. The van der Waals surface area contributed by atoms with Crippen molar-refractivity contribution < 1.29 is 4.79 Å². The van der Waals surface area contributed by atoms with Crippen LogP contribution < -0.4 is 0 Å². The van der Waals surface area contributed by atoms with Crippen LogP contribution in [0.5, 0.6) is 0 Å². The fraction of sp³-hybridized carbons (Fsp3) is 0.588. The van der Waals surface area contributed by atoms with Gasteiger partial charge in [0.05, 0.1) is 0 Å². The molecule has 0 spiro atoms. The fourth-order valence-corrected chi connectivity index (χ4v) is 4.18. The van der Waals surface area contributed by atoms with Gasteiger partial charge in [-0.3, -0.25) is 0 Å². The molecule has 0 saturated heterocycles. The van der Waals surface area contributed by atoms with E-state index in [1.165, 1.54) is 36.7 Å². The number of aryl methyl sites for hydroxylation is 2. The number of hydrogen-bond donors (Lipinski definition) is 0. The molecule has 0 aliphatic heterocycles. The van der Waals surface area contributed by atoms with Crippen molar-refractivity contribution in [1.82, 2.24) is 0 Å². The second-order valence-electron chi connectivity index (χ2n) is 6.26. The first-order valence-electron chi connectivity index (χ1n) is 7.24. The Labute approximate surface area is 110 Å². The largest absolute Gasteiger partial charge is 0.303 e. The molecule has 3 rings (SSSR count). The Bertz CT molecular complexity index is 475. The number of hydrogen-bond acceptors (Lipinski definition) is 1. The van der Waals surface area contributed by atoms with Gasteiger partial charge in [0.1, 0.15) is 6.29 Å². The van der Waals surface area contributed by atoms with E-state index in [1.807, 2.05) is 0 Å². The smallest absolute Gasteiger partial charge is 0.123 e. The Kier molecular flexibility index (Phi) is 3.01. The molecule has 1 nitrogen and oxygen atoms in total. The SMILES string of the molecule is Cc1cc(C)c2c(c1)C1CCC(C=O)CC1CC2. The fourth-order valence-electron chi connectivity index (χ4n) is 4.18. The van der Waals surface area contributed by atoms with Crippen LogP contribution in [0.25, 0.3) is 0 Å². The van der Waals surface area contributed by atoms with Crippen molar-refractivity contribution in [2.24, 2.45) is 11.8 Å². The lowest BCUT2D eigenvalue weighted by Gasteiger charge is -2.40. The maximum atomic E-state index is 11.0. The van der Waals surface area contributed by atoms with Crippen LogP contribution in [0.3, 0.4) is 0 Å². The Morgan fingerprint density at radius 1 is 1.17 bits per heavy atom. The van der Waals surface area contributed by atoms with Gasteiger partial charge in [-0.15, -0.1) is 0 Å². The first-order chi connectivity index (χ1) is 8.69. The monoisotopic (exact) mass is 242 g/mol. The van der Waals surface area contributed by atoms with Gasteiger partial charge in [-0.05, 0) is 74.5 Å². The van der Waals surface area contributed by atoms with Crippen molar-refractivity contribution in [2.75, 3.05) is 0 Å². The van der Waals surface area contributed by atoms with Crippen LogP contribution in [-0.2, 0) is 11.2 Å². The number of carbonyl (C=O) groups excluding carboxylic acids is 1. The first kappa shape index (κ1) is 12.0. The second-order valence-corrected chi connectivity index (χ2v) is 6.26. The Hall–Kier alpha value is -1.11. The third-order valence-corrected chi connectivity index (χ3v) is 5.03. The van der Waals surface area contributed by atoms with E-state index in [2.05, 4.69) is 26.0 Å². The van der Waals surface area contributed by atoms with Crippen LogP contribution in [0.15, 0.2) is 12.1 Å². The number of aldehydes is 1. The highest BCUT2D eigenvalue weighted by molar-refractivity contribution is 5.54. The predicted molar refractivity (Wildman–Crippen MR) is 73.9 cm³/mol. The summed E-state index contributed by atoms with van der Waals surface area (Å²) in [6.45, 7) is 4.46. The molecule has 3 atom stereocenters. The number of rotatable bonds is 1. The molecule has 1 saturated carbocycles. The lowest BCUT2D eigenvalue weighted by Crippen LogP contribution is -2.29. The van der Waals surface area contributed by atoms with Crippen molar-refractivity contribution in [3.8, 4) is 0 Å². The molecule has 1 fully saturated rings. The van der Waals surface area contributed by atoms with Crippen LogP contribution >= 0.6 is 0 Å². The van der Waals surface area contributed by atoms with E-state index in [4.69, 9.17) is 0 Å². The van der Waals surface area contributed by atoms with Gasteiger partial charge in [0.15, 0.2) is 0 Å². The highest BCUT2D eigenvalue weighted by Gasteiger charge is 2.35. The van der Waals surface area contributed by atoms with Gasteiger partial charge in [0, 0.05) is 5.92 Å². The lowest BCUT2D eigenvalue weighted by atomic mass is 9.65. The summed E-state index contributed by atoms with van der Waals surface area (Å²) in [6.07, 6.45) is 7.12. The maximum Gasteiger partial charge on any atom is 0.123 e. The van der Waals surface area contributed by atoms with Gasteiger partial charge in [-0.25, -0.2) is 0 Å². The molecule has 2 aliphatic rings. The van der Waals surface area contributed by atoms with E-state index in [0.717, 1.165) is 24.7 Å². The van der Waals surface area contributed by atoms with Gasteiger partial charge >= 0.3 is 0 Å².